The average Bonchev–Trinajstić information content (AvgIpc) is 2.33. The number of para-hydroxylation sites is 1. The lowest BCUT2D eigenvalue weighted by Crippen LogP contribution is -2.18. The molecule has 1 aromatic carbocycles. The highest BCUT2D eigenvalue weighted by Gasteiger charge is 2.07. The summed E-state index contributed by atoms with van der Waals surface area (Å²) in [7, 11) is 1.54. The maximum Gasteiger partial charge on any atom is 0.168 e. The van der Waals surface area contributed by atoms with E-state index in [1.807, 2.05) is 6.92 Å². The molecule has 0 N–H and O–H groups in total. The first kappa shape index (κ1) is 13.1. The van der Waals surface area contributed by atoms with Crippen LogP contribution in [0.2, 0.25) is 0 Å². The molecule has 17 heavy (non-hydrogen) atoms. The summed E-state index contributed by atoms with van der Waals surface area (Å²) in [5, 5.41) is 10.4. The Hall–Kier alpha value is -1.97. The predicted molar refractivity (Wildman–Crippen MR) is 62.8 cm³/mol. The molecule has 0 aromatic heterocycles. The van der Waals surface area contributed by atoms with E-state index in [4.69, 9.17) is 9.47 Å². The molecule has 0 atom stereocenters. The quantitative estimate of drug-likeness (QED) is 0.696. The molecule has 0 spiro atoms. The first-order chi connectivity index (χ1) is 8.19. The highest BCUT2D eigenvalue weighted by Crippen LogP contribution is 2.32. The van der Waals surface area contributed by atoms with Crippen molar-refractivity contribution in [1.82, 2.24) is 0 Å². The van der Waals surface area contributed by atoms with Gasteiger partial charge in [-0.1, -0.05) is 19.1 Å². The van der Waals surface area contributed by atoms with Gasteiger partial charge in [0.05, 0.1) is 19.7 Å². The molecule has 0 saturated carbocycles. The van der Waals surface area contributed by atoms with Crippen LogP contribution in [0.3, 0.4) is 0 Å². The third-order valence-electron chi connectivity index (χ3n) is 2.08. The first-order valence-corrected chi connectivity index (χ1v) is 5.38. The molecule has 0 aliphatic rings. The van der Waals surface area contributed by atoms with E-state index >= 15 is 0 Å². The number of aliphatic carboxylic acids is 1. The smallest absolute Gasteiger partial charge is 0.168 e. The van der Waals surface area contributed by atoms with Crippen LogP contribution in [-0.2, 0) is 4.79 Å². The van der Waals surface area contributed by atoms with Gasteiger partial charge in [0.2, 0.25) is 0 Å². The Morgan fingerprint density at radius 1 is 1.47 bits per heavy atom. The topological polar surface area (TPSA) is 58.6 Å². The summed E-state index contributed by atoms with van der Waals surface area (Å²) in [5.74, 6) is -0.109. The summed E-state index contributed by atoms with van der Waals surface area (Å²) in [6, 6.07) is 5.29. The summed E-state index contributed by atoms with van der Waals surface area (Å²) in [5.41, 5.74) is 0.655. The minimum absolute atomic E-state index is 0.548. The van der Waals surface area contributed by atoms with Crippen molar-refractivity contribution in [2.75, 3.05) is 13.7 Å². The molecule has 1 aromatic rings. The fourth-order valence-corrected chi connectivity index (χ4v) is 1.34. The van der Waals surface area contributed by atoms with Gasteiger partial charge in [0.15, 0.2) is 11.5 Å². The van der Waals surface area contributed by atoms with E-state index in [2.05, 4.69) is 0 Å². The fraction of sp³-hybridized carbons (Fsp3) is 0.308. The molecule has 0 bridgehead atoms. The molecule has 0 unspecified atom stereocenters. The van der Waals surface area contributed by atoms with Gasteiger partial charge in [-0.3, -0.25) is 0 Å². The molecule has 0 amide bonds. The molecule has 4 nitrogen and oxygen atoms in total. The molecule has 0 aliphatic heterocycles. The number of carbonyl (C=O) groups excluding carboxylic acids is 1. The lowest BCUT2D eigenvalue weighted by atomic mass is 10.1. The summed E-state index contributed by atoms with van der Waals surface area (Å²) in [4.78, 5) is 10.4. The van der Waals surface area contributed by atoms with E-state index in [1.54, 1.807) is 25.3 Å². The number of benzene rings is 1. The molecular weight excluding hydrogens is 220 g/mol. The van der Waals surface area contributed by atoms with E-state index in [0.717, 1.165) is 12.5 Å². The zero-order valence-corrected chi connectivity index (χ0v) is 9.93. The lowest BCUT2D eigenvalue weighted by Gasteiger charge is -2.12. The summed E-state index contributed by atoms with van der Waals surface area (Å²) >= 11 is 0. The lowest BCUT2D eigenvalue weighted by molar-refractivity contribution is -0.297. The van der Waals surface area contributed by atoms with Gasteiger partial charge in [0, 0.05) is 5.56 Å². The Morgan fingerprint density at radius 2 is 2.24 bits per heavy atom. The maximum absolute atomic E-state index is 10.4. The molecule has 0 radical (unpaired) electrons. The average molecular weight is 235 g/mol. The van der Waals surface area contributed by atoms with Crippen molar-refractivity contribution in [2.45, 2.75) is 13.3 Å². The Kier molecular flexibility index (Phi) is 5.07. The van der Waals surface area contributed by atoms with Gasteiger partial charge in [0.1, 0.15) is 0 Å². The van der Waals surface area contributed by atoms with Crippen LogP contribution >= 0.6 is 0 Å². The summed E-state index contributed by atoms with van der Waals surface area (Å²) in [6.45, 7) is 2.54. The van der Waals surface area contributed by atoms with E-state index in [9.17, 15) is 9.90 Å². The number of carboxylic acids is 1. The SMILES string of the molecule is CCCOc1c(/C=C/C(=O)[O-])cccc1OC. The van der Waals surface area contributed by atoms with E-state index < -0.39 is 5.97 Å². The number of ether oxygens (including phenoxy) is 2. The van der Waals surface area contributed by atoms with Crippen LogP contribution in [0.25, 0.3) is 6.08 Å². The van der Waals surface area contributed by atoms with E-state index in [0.29, 0.717) is 23.7 Å². The van der Waals surface area contributed by atoms with Gasteiger partial charge in [0.25, 0.3) is 0 Å². The van der Waals surface area contributed by atoms with Crippen molar-refractivity contribution in [3.63, 3.8) is 0 Å². The largest absolute Gasteiger partial charge is 0.545 e. The van der Waals surface area contributed by atoms with Gasteiger partial charge >= 0.3 is 0 Å². The predicted octanol–water partition coefficient (Wildman–Crippen LogP) is 1.25. The van der Waals surface area contributed by atoms with Crippen molar-refractivity contribution in [2.24, 2.45) is 0 Å². The second-order valence-electron chi connectivity index (χ2n) is 3.38. The number of carbonyl (C=O) groups is 1. The third-order valence-corrected chi connectivity index (χ3v) is 2.08. The third kappa shape index (κ3) is 3.83. The zero-order valence-electron chi connectivity index (χ0n) is 9.93. The van der Waals surface area contributed by atoms with Crippen LogP contribution in [0.5, 0.6) is 11.5 Å². The van der Waals surface area contributed by atoms with Crippen molar-refractivity contribution < 1.29 is 19.4 Å². The van der Waals surface area contributed by atoms with Crippen molar-refractivity contribution in [3.8, 4) is 11.5 Å². The molecule has 0 saturated heterocycles. The Balaban J connectivity index is 3.05. The number of rotatable bonds is 6. The molecule has 4 heteroatoms. The number of hydrogen-bond acceptors (Lipinski definition) is 4. The molecule has 1 rings (SSSR count). The van der Waals surface area contributed by atoms with Crippen LogP contribution in [-0.4, -0.2) is 19.7 Å². The van der Waals surface area contributed by atoms with Gasteiger partial charge in [-0.25, -0.2) is 0 Å². The zero-order chi connectivity index (χ0) is 12.7. The second kappa shape index (κ2) is 6.58. The van der Waals surface area contributed by atoms with Crippen LogP contribution in [0.1, 0.15) is 18.9 Å². The molecule has 0 fully saturated rings. The fourth-order valence-electron chi connectivity index (χ4n) is 1.34. The van der Waals surface area contributed by atoms with Crippen molar-refractivity contribution in [3.05, 3.63) is 29.8 Å². The van der Waals surface area contributed by atoms with Gasteiger partial charge in [-0.2, -0.15) is 0 Å². The summed E-state index contributed by atoms with van der Waals surface area (Å²) in [6.07, 6.45) is 3.26. The molecular formula is C13H15O4-. The van der Waals surface area contributed by atoms with Crippen molar-refractivity contribution in [1.29, 1.82) is 0 Å². The van der Waals surface area contributed by atoms with E-state index in [1.165, 1.54) is 6.08 Å². The Labute approximate surface area is 100 Å². The minimum atomic E-state index is -1.24. The van der Waals surface area contributed by atoms with Crippen LogP contribution in [0.4, 0.5) is 0 Å². The standard InChI is InChI=1S/C13H16O4/c1-3-9-17-13-10(7-8-12(14)15)5-4-6-11(13)16-2/h4-8H,3,9H2,1-2H3,(H,14,15)/p-1/b8-7+. The normalized spacial score (nSPS) is 10.5. The van der Waals surface area contributed by atoms with Crippen LogP contribution in [0, 0.1) is 0 Å². The maximum atomic E-state index is 10.4. The van der Waals surface area contributed by atoms with Crippen LogP contribution in [0.15, 0.2) is 24.3 Å². The van der Waals surface area contributed by atoms with Gasteiger partial charge in [-0.05, 0) is 24.6 Å². The number of hydrogen-bond donors (Lipinski definition) is 0. The molecule has 0 heterocycles. The highest BCUT2D eigenvalue weighted by molar-refractivity contribution is 5.84. The Bertz CT molecular complexity index is 410. The highest BCUT2D eigenvalue weighted by atomic mass is 16.5. The first-order valence-electron chi connectivity index (χ1n) is 5.38. The Morgan fingerprint density at radius 3 is 2.82 bits per heavy atom. The monoisotopic (exact) mass is 235 g/mol. The number of carboxylic acid groups (broad SMARTS) is 1. The minimum Gasteiger partial charge on any atom is -0.545 e. The molecule has 92 valence electrons. The molecule has 0 aliphatic carbocycles. The van der Waals surface area contributed by atoms with Gasteiger partial charge < -0.3 is 19.4 Å². The van der Waals surface area contributed by atoms with Crippen molar-refractivity contribution >= 4 is 12.0 Å². The second-order valence-corrected chi connectivity index (χ2v) is 3.38. The van der Waals surface area contributed by atoms with Gasteiger partial charge in [-0.15, -0.1) is 0 Å². The van der Waals surface area contributed by atoms with Crippen LogP contribution < -0.4 is 14.6 Å². The van der Waals surface area contributed by atoms with E-state index in [-0.39, 0.29) is 0 Å². The number of methoxy groups -OCH3 is 1. The summed E-state index contributed by atoms with van der Waals surface area (Å²) < 4.78 is 10.7.